The number of ether oxygens (including phenoxy) is 2. The Bertz CT molecular complexity index is 1330. The highest BCUT2D eigenvalue weighted by molar-refractivity contribution is 7.89. The smallest absolute Gasteiger partial charge is 0.308 e. The van der Waals surface area contributed by atoms with Crippen LogP contribution in [0.5, 0.6) is 0 Å². The lowest BCUT2D eigenvalue weighted by atomic mass is 9.95. The summed E-state index contributed by atoms with van der Waals surface area (Å²) in [6.07, 6.45) is 0. The van der Waals surface area contributed by atoms with Gasteiger partial charge in [-0.1, -0.05) is 42.5 Å². The van der Waals surface area contributed by atoms with Gasteiger partial charge in [0.05, 0.1) is 16.1 Å². The van der Waals surface area contributed by atoms with Crippen molar-refractivity contribution >= 4 is 32.7 Å². The molecule has 0 spiro atoms. The minimum atomic E-state index is -4.10. The molecule has 1 aromatic heterocycles. The summed E-state index contributed by atoms with van der Waals surface area (Å²) < 4.78 is 38.5. The zero-order valence-corrected chi connectivity index (χ0v) is 17.5. The summed E-state index contributed by atoms with van der Waals surface area (Å²) in [4.78, 5) is 29.2. The molecule has 0 aliphatic carbocycles. The van der Waals surface area contributed by atoms with Gasteiger partial charge < -0.3 is 9.47 Å². The number of nitrogens with zero attached hydrogens (tertiary/aromatic N) is 1. The van der Waals surface area contributed by atoms with Crippen molar-refractivity contribution in [1.29, 1.82) is 0 Å². The van der Waals surface area contributed by atoms with Crippen molar-refractivity contribution in [2.75, 3.05) is 0 Å². The molecule has 0 amide bonds. The van der Waals surface area contributed by atoms with Gasteiger partial charge in [0.15, 0.2) is 0 Å². The van der Waals surface area contributed by atoms with Gasteiger partial charge in [0, 0.05) is 12.3 Å². The second kappa shape index (κ2) is 7.51. The van der Waals surface area contributed by atoms with E-state index in [9.17, 15) is 18.0 Å². The third-order valence-corrected chi connectivity index (χ3v) is 6.11. The van der Waals surface area contributed by atoms with E-state index in [1.807, 2.05) is 12.1 Å². The Kier molecular flexibility index (Phi) is 4.98. The second-order valence-corrected chi connectivity index (χ2v) is 8.71. The van der Waals surface area contributed by atoms with Crippen molar-refractivity contribution in [3.8, 4) is 0 Å². The van der Waals surface area contributed by atoms with Gasteiger partial charge in [-0.2, -0.15) is 0 Å². The molecule has 0 bridgehead atoms. The van der Waals surface area contributed by atoms with E-state index < -0.39 is 39.0 Å². The fourth-order valence-corrected chi connectivity index (χ4v) is 4.21. The van der Waals surface area contributed by atoms with Gasteiger partial charge >= 0.3 is 5.97 Å². The van der Waals surface area contributed by atoms with Crippen LogP contribution in [0.15, 0.2) is 83.3 Å². The Morgan fingerprint density at radius 1 is 1.03 bits per heavy atom. The quantitative estimate of drug-likeness (QED) is 0.610. The number of Topliss-reactive ketones (excluding diaryl/α,β-unsaturated/α-hetero) is 1. The van der Waals surface area contributed by atoms with Crippen molar-refractivity contribution < 1.29 is 27.5 Å². The number of aromatic nitrogens is 1. The van der Waals surface area contributed by atoms with Gasteiger partial charge in [0.2, 0.25) is 11.4 Å². The van der Waals surface area contributed by atoms with Crippen LogP contribution in [0.3, 0.4) is 0 Å². The maximum Gasteiger partial charge on any atom is 0.308 e. The van der Waals surface area contributed by atoms with Gasteiger partial charge in [-0.3, -0.25) is 9.59 Å². The van der Waals surface area contributed by atoms with Crippen LogP contribution in [0.25, 0.3) is 10.9 Å². The summed E-state index contributed by atoms with van der Waals surface area (Å²) in [6.45, 7) is 2.55. The van der Waals surface area contributed by atoms with Gasteiger partial charge in [0.1, 0.15) is 0 Å². The van der Waals surface area contributed by atoms with Crippen LogP contribution in [-0.2, 0) is 34.7 Å². The number of rotatable bonds is 5. The van der Waals surface area contributed by atoms with E-state index in [-0.39, 0.29) is 10.6 Å². The number of pyridine rings is 1. The number of sulfonamides is 1. The number of ketones is 1. The molecule has 1 unspecified atom stereocenters. The minimum absolute atomic E-state index is 0.0434. The summed E-state index contributed by atoms with van der Waals surface area (Å²) >= 11 is 0. The normalized spacial score (nSPS) is 18.7. The number of fused-ring (bicyclic) bond motifs is 1. The van der Waals surface area contributed by atoms with Crippen LogP contribution >= 0.6 is 0 Å². The van der Waals surface area contributed by atoms with Gasteiger partial charge in [0.25, 0.3) is 21.7 Å². The van der Waals surface area contributed by atoms with Crippen LogP contribution < -0.4 is 4.72 Å². The highest BCUT2D eigenvalue weighted by Crippen LogP contribution is 2.38. The van der Waals surface area contributed by atoms with Crippen molar-refractivity contribution in [2.45, 2.75) is 24.3 Å². The van der Waals surface area contributed by atoms with Crippen LogP contribution in [0.2, 0.25) is 0 Å². The van der Waals surface area contributed by atoms with Crippen LogP contribution in [0.4, 0.5) is 0 Å². The first-order valence-electron chi connectivity index (χ1n) is 9.31. The topological polar surface area (TPSA) is 112 Å². The molecule has 1 aliphatic rings. The SMILES string of the molecule is CC(=O)OC1=C(NS(=O)(=O)c2ccccc2)OC(C)(c2ccc3ccccc3n2)C1=O. The largest absolute Gasteiger partial charge is 0.454 e. The van der Waals surface area contributed by atoms with E-state index in [4.69, 9.17) is 9.47 Å². The number of para-hydroxylation sites is 1. The van der Waals surface area contributed by atoms with E-state index in [1.54, 1.807) is 42.5 Å². The lowest BCUT2D eigenvalue weighted by Crippen LogP contribution is -2.33. The van der Waals surface area contributed by atoms with Crippen LogP contribution in [-0.4, -0.2) is 25.2 Å². The third kappa shape index (κ3) is 3.75. The summed E-state index contributed by atoms with van der Waals surface area (Å²) in [5.41, 5.74) is -0.816. The Morgan fingerprint density at radius 3 is 2.42 bits per heavy atom. The van der Waals surface area contributed by atoms with Crippen molar-refractivity contribution in [3.63, 3.8) is 0 Å². The molecule has 1 aliphatic heterocycles. The molecule has 2 heterocycles. The lowest BCUT2D eigenvalue weighted by molar-refractivity contribution is -0.142. The van der Waals surface area contributed by atoms with Crippen molar-refractivity contribution in [3.05, 3.63) is 84.1 Å². The van der Waals surface area contributed by atoms with E-state index in [0.29, 0.717) is 5.52 Å². The molecule has 31 heavy (non-hydrogen) atoms. The molecule has 3 aromatic rings. The summed E-state index contributed by atoms with van der Waals surface area (Å²) in [5.74, 6) is -2.51. The van der Waals surface area contributed by atoms with Gasteiger partial charge in [-0.05, 0) is 31.2 Å². The maximum absolute atomic E-state index is 13.2. The molecule has 4 rings (SSSR count). The molecular weight excluding hydrogens is 420 g/mol. The Morgan fingerprint density at radius 2 is 1.71 bits per heavy atom. The highest BCUT2D eigenvalue weighted by atomic mass is 32.2. The number of hydrogen-bond donors (Lipinski definition) is 1. The lowest BCUT2D eigenvalue weighted by Gasteiger charge is -2.23. The van der Waals surface area contributed by atoms with Crippen LogP contribution in [0, 0.1) is 0 Å². The van der Waals surface area contributed by atoms with Gasteiger partial charge in [-0.15, -0.1) is 0 Å². The zero-order valence-electron chi connectivity index (χ0n) is 16.7. The fourth-order valence-electron chi connectivity index (χ4n) is 3.20. The number of esters is 1. The molecule has 0 saturated carbocycles. The summed E-state index contributed by atoms with van der Waals surface area (Å²) in [6, 6.07) is 18.2. The number of carbonyl (C=O) groups is 2. The zero-order chi connectivity index (χ0) is 22.2. The molecule has 1 atom stereocenters. The molecule has 8 nitrogen and oxygen atoms in total. The average Bonchev–Trinajstić information content (AvgIpc) is 2.98. The van der Waals surface area contributed by atoms with E-state index in [1.165, 1.54) is 19.1 Å². The predicted octanol–water partition coefficient (Wildman–Crippen LogP) is 2.76. The molecule has 2 aromatic carbocycles. The van der Waals surface area contributed by atoms with E-state index in [0.717, 1.165) is 12.3 Å². The van der Waals surface area contributed by atoms with Crippen LogP contribution in [0.1, 0.15) is 19.5 Å². The first kappa shape index (κ1) is 20.5. The Balaban J connectivity index is 1.75. The molecule has 0 saturated heterocycles. The molecule has 9 heteroatoms. The third-order valence-electron chi connectivity index (χ3n) is 4.77. The number of nitrogens with one attached hydrogen (secondary N) is 1. The van der Waals surface area contributed by atoms with E-state index >= 15 is 0 Å². The Hall–Kier alpha value is -3.72. The summed E-state index contributed by atoms with van der Waals surface area (Å²) in [7, 11) is -4.10. The van der Waals surface area contributed by atoms with Crippen molar-refractivity contribution in [1.82, 2.24) is 9.71 Å². The van der Waals surface area contributed by atoms with Crippen molar-refractivity contribution in [2.24, 2.45) is 0 Å². The fraction of sp³-hybridized carbons (Fsp3) is 0.136. The molecule has 1 N–H and O–H groups in total. The molecule has 158 valence electrons. The number of carbonyl (C=O) groups excluding carboxylic acids is 2. The highest BCUT2D eigenvalue weighted by Gasteiger charge is 2.51. The minimum Gasteiger partial charge on any atom is -0.454 e. The average molecular weight is 438 g/mol. The first-order valence-corrected chi connectivity index (χ1v) is 10.8. The monoisotopic (exact) mass is 438 g/mol. The van der Waals surface area contributed by atoms with E-state index in [2.05, 4.69) is 9.71 Å². The Labute approximate surface area is 178 Å². The summed E-state index contributed by atoms with van der Waals surface area (Å²) in [5, 5.41) is 0.860. The first-order chi connectivity index (χ1) is 14.7. The predicted molar refractivity (Wildman–Crippen MR) is 111 cm³/mol. The number of hydrogen-bond acceptors (Lipinski definition) is 7. The number of benzene rings is 2. The van der Waals surface area contributed by atoms with Gasteiger partial charge in [-0.25, -0.2) is 18.1 Å². The molecular formula is C22H18N2O6S. The standard InChI is InChI=1S/C22H18N2O6S/c1-14(25)29-19-20(26)22(2,18-13-12-15-8-6-7-11-17(15)23-18)30-21(19)24-31(27,28)16-9-4-3-5-10-16/h3-13,24H,1-2H3. The molecule has 0 fully saturated rings. The molecule has 0 radical (unpaired) electrons. The maximum atomic E-state index is 13.2. The second-order valence-electron chi connectivity index (χ2n) is 7.02.